The van der Waals surface area contributed by atoms with Gasteiger partial charge in [0.15, 0.2) is 11.5 Å². The van der Waals surface area contributed by atoms with Crippen molar-refractivity contribution in [1.29, 1.82) is 0 Å². The van der Waals surface area contributed by atoms with E-state index < -0.39 is 0 Å². The molecule has 0 aliphatic carbocycles. The monoisotopic (exact) mass is 281 g/mol. The van der Waals surface area contributed by atoms with E-state index in [0.717, 1.165) is 29.5 Å². The Morgan fingerprint density at radius 1 is 1.21 bits per heavy atom. The Bertz CT molecular complexity index is 446. The standard InChI is InChI=1S/C14H19NO3S/c1-3-15(4-2)14(16)10-19-11-5-6-12-13(9-11)18-8-7-17-12/h5-6,9H,3-4,7-8,10H2,1-2H3. The van der Waals surface area contributed by atoms with E-state index >= 15 is 0 Å². The zero-order valence-corrected chi connectivity index (χ0v) is 12.2. The van der Waals surface area contributed by atoms with Gasteiger partial charge in [-0.2, -0.15) is 0 Å². The van der Waals surface area contributed by atoms with Gasteiger partial charge in [-0.05, 0) is 32.0 Å². The zero-order valence-electron chi connectivity index (χ0n) is 11.3. The molecule has 0 saturated carbocycles. The minimum Gasteiger partial charge on any atom is -0.486 e. The molecule has 0 N–H and O–H groups in total. The molecule has 1 aromatic carbocycles. The first-order chi connectivity index (χ1) is 9.24. The van der Waals surface area contributed by atoms with Gasteiger partial charge in [-0.3, -0.25) is 4.79 Å². The predicted octanol–water partition coefficient (Wildman–Crippen LogP) is 2.42. The van der Waals surface area contributed by atoms with Crippen molar-refractivity contribution in [1.82, 2.24) is 4.90 Å². The molecular formula is C14H19NO3S. The molecule has 0 bridgehead atoms. The number of rotatable bonds is 5. The van der Waals surface area contributed by atoms with E-state index in [1.54, 1.807) is 0 Å². The molecule has 2 rings (SSSR count). The van der Waals surface area contributed by atoms with Gasteiger partial charge < -0.3 is 14.4 Å². The minimum absolute atomic E-state index is 0.171. The molecule has 0 radical (unpaired) electrons. The molecule has 104 valence electrons. The molecule has 1 heterocycles. The van der Waals surface area contributed by atoms with Crippen LogP contribution in [0.1, 0.15) is 13.8 Å². The Hall–Kier alpha value is -1.36. The molecule has 0 unspecified atom stereocenters. The summed E-state index contributed by atoms with van der Waals surface area (Å²) in [5.74, 6) is 2.18. The van der Waals surface area contributed by atoms with Crippen LogP contribution >= 0.6 is 11.8 Å². The van der Waals surface area contributed by atoms with E-state index in [0.29, 0.717) is 19.0 Å². The molecule has 0 spiro atoms. The lowest BCUT2D eigenvalue weighted by Gasteiger charge is -2.20. The lowest BCUT2D eigenvalue weighted by atomic mass is 10.3. The molecule has 0 fully saturated rings. The number of hydrogen-bond donors (Lipinski definition) is 0. The van der Waals surface area contributed by atoms with Gasteiger partial charge in [-0.15, -0.1) is 11.8 Å². The van der Waals surface area contributed by atoms with Gasteiger partial charge in [0.2, 0.25) is 5.91 Å². The number of hydrogen-bond acceptors (Lipinski definition) is 4. The van der Waals surface area contributed by atoms with E-state index in [2.05, 4.69) is 0 Å². The first kappa shape index (κ1) is 14.1. The summed E-state index contributed by atoms with van der Waals surface area (Å²) in [6, 6.07) is 5.81. The van der Waals surface area contributed by atoms with Crippen molar-refractivity contribution in [2.24, 2.45) is 0 Å². The predicted molar refractivity (Wildman–Crippen MR) is 76.1 cm³/mol. The van der Waals surface area contributed by atoms with Crippen LogP contribution in [0.5, 0.6) is 11.5 Å². The van der Waals surface area contributed by atoms with Crippen molar-refractivity contribution in [3.05, 3.63) is 18.2 Å². The van der Waals surface area contributed by atoms with Gasteiger partial charge in [0.1, 0.15) is 13.2 Å². The molecule has 0 atom stereocenters. The Balaban J connectivity index is 1.94. The van der Waals surface area contributed by atoms with Crippen LogP contribution in [0.25, 0.3) is 0 Å². The van der Waals surface area contributed by atoms with Crippen LogP contribution in [-0.2, 0) is 4.79 Å². The highest BCUT2D eigenvalue weighted by Gasteiger charge is 2.14. The van der Waals surface area contributed by atoms with Crippen molar-refractivity contribution in [3.63, 3.8) is 0 Å². The van der Waals surface area contributed by atoms with E-state index in [1.807, 2.05) is 36.9 Å². The number of nitrogens with zero attached hydrogens (tertiary/aromatic N) is 1. The quantitative estimate of drug-likeness (QED) is 0.777. The third-order valence-electron chi connectivity index (χ3n) is 2.99. The van der Waals surface area contributed by atoms with E-state index in [1.165, 1.54) is 11.8 Å². The molecule has 1 aromatic rings. The number of thioether (sulfide) groups is 1. The van der Waals surface area contributed by atoms with E-state index in [9.17, 15) is 4.79 Å². The largest absolute Gasteiger partial charge is 0.486 e. The summed E-state index contributed by atoms with van der Waals surface area (Å²) >= 11 is 1.53. The summed E-state index contributed by atoms with van der Waals surface area (Å²) in [5, 5.41) is 0. The summed E-state index contributed by atoms with van der Waals surface area (Å²) in [6.45, 7) is 6.69. The highest BCUT2D eigenvalue weighted by molar-refractivity contribution is 8.00. The van der Waals surface area contributed by atoms with Crippen LogP contribution in [0.15, 0.2) is 23.1 Å². The number of carbonyl (C=O) groups is 1. The maximum Gasteiger partial charge on any atom is 0.232 e. The van der Waals surface area contributed by atoms with Crippen molar-refractivity contribution in [2.45, 2.75) is 18.7 Å². The molecular weight excluding hydrogens is 262 g/mol. The fourth-order valence-corrected chi connectivity index (χ4v) is 2.75. The SMILES string of the molecule is CCN(CC)C(=O)CSc1ccc2c(c1)OCCO2. The Morgan fingerprint density at radius 3 is 2.58 bits per heavy atom. The van der Waals surface area contributed by atoms with Gasteiger partial charge in [0, 0.05) is 18.0 Å². The normalized spacial score (nSPS) is 13.2. The van der Waals surface area contributed by atoms with Crippen molar-refractivity contribution in [2.75, 3.05) is 32.1 Å². The number of benzene rings is 1. The van der Waals surface area contributed by atoms with Gasteiger partial charge in [0.05, 0.1) is 5.75 Å². The molecule has 5 heteroatoms. The van der Waals surface area contributed by atoms with Crippen LogP contribution in [0.2, 0.25) is 0 Å². The van der Waals surface area contributed by atoms with Crippen LogP contribution in [0, 0.1) is 0 Å². The second kappa shape index (κ2) is 6.70. The lowest BCUT2D eigenvalue weighted by molar-refractivity contribution is -0.127. The number of amides is 1. The van der Waals surface area contributed by atoms with Gasteiger partial charge in [-0.25, -0.2) is 0 Å². The molecule has 1 aliphatic rings. The van der Waals surface area contributed by atoms with Gasteiger partial charge in [-0.1, -0.05) is 0 Å². The fraction of sp³-hybridized carbons (Fsp3) is 0.500. The highest BCUT2D eigenvalue weighted by atomic mass is 32.2. The summed E-state index contributed by atoms with van der Waals surface area (Å²) in [7, 11) is 0. The lowest BCUT2D eigenvalue weighted by Crippen LogP contribution is -2.31. The maximum absolute atomic E-state index is 11.9. The average molecular weight is 281 g/mol. The summed E-state index contributed by atoms with van der Waals surface area (Å²) < 4.78 is 11.0. The first-order valence-electron chi connectivity index (χ1n) is 6.54. The van der Waals surface area contributed by atoms with Crippen molar-refractivity contribution >= 4 is 17.7 Å². The van der Waals surface area contributed by atoms with Crippen LogP contribution in [0.4, 0.5) is 0 Å². The highest BCUT2D eigenvalue weighted by Crippen LogP contribution is 2.34. The van der Waals surface area contributed by atoms with Gasteiger partial charge >= 0.3 is 0 Å². The third kappa shape index (κ3) is 3.56. The first-order valence-corrected chi connectivity index (χ1v) is 7.53. The third-order valence-corrected chi connectivity index (χ3v) is 3.97. The Kier molecular flexibility index (Phi) is 4.96. The Labute approximate surface area is 118 Å². The van der Waals surface area contributed by atoms with Crippen LogP contribution in [0.3, 0.4) is 0 Å². The maximum atomic E-state index is 11.9. The smallest absolute Gasteiger partial charge is 0.232 e. The molecule has 0 aromatic heterocycles. The fourth-order valence-electron chi connectivity index (χ4n) is 1.93. The second-order valence-electron chi connectivity index (χ2n) is 4.16. The summed E-state index contributed by atoms with van der Waals surface area (Å²) in [5.41, 5.74) is 0. The molecule has 1 amide bonds. The Morgan fingerprint density at radius 2 is 1.89 bits per heavy atom. The van der Waals surface area contributed by atoms with Crippen LogP contribution in [-0.4, -0.2) is 42.9 Å². The summed E-state index contributed by atoms with van der Waals surface area (Å²) in [6.07, 6.45) is 0. The molecule has 0 saturated heterocycles. The van der Waals surface area contributed by atoms with E-state index in [-0.39, 0.29) is 5.91 Å². The summed E-state index contributed by atoms with van der Waals surface area (Å²) in [4.78, 5) is 14.8. The minimum atomic E-state index is 0.171. The number of fused-ring (bicyclic) bond motifs is 1. The topological polar surface area (TPSA) is 38.8 Å². The van der Waals surface area contributed by atoms with E-state index in [4.69, 9.17) is 9.47 Å². The molecule has 19 heavy (non-hydrogen) atoms. The second-order valence-corrected chi connectivity index (χ2v) is 5.21. The number of carbonyl (C=O) groups excluding carboxylic acids is 1. The van der Waals surface area contributed by atoms with Crippen molar-refractivity contribution < 1.29 is 14.3 Å². The number of ether oxygens (including phenoxy) is 2. The zero-order chi connectivity index (χ0) is 13.7. The molecule has 4 nitrogen and oxygen atoms in total. The average Bonchev–Trinajstić information content (AvgIpc) is 2.46. The molecule has 1 aliphatic heterocycles. The van der Waals surface area contributed by atoms with Crippen molar-refractivity contribution in [3.8, 4) is 11.5 Å². The van der Waals surface area contributed by atoms with Crippen LogP contribution < -0.4 is 9.47 Å². The van der Waals surface area contributed by atoms with Gasteiger partial charge in [0.25, 0.3) is 0 Å².